The fourth-order valence-electron chi connectivity index (χ4n) is 2.68. The molecule has 2 N–H and O–H groups in total. The summed E-state index contributed by atoms with van der Waals surface area (Å²) in [6.07, 6.45) is 2.03. The van der Waals surface area contributed by atoms with Gasteiger partial charge in [-0.15, -0.1) is 0 Å². The summed E-state index contributed by atoms with van der Waals surface area (Å²) in [6.45, 7) is 5.35. The molecular formula is C15H22ClN3O. The molecule has 5 heteroatoms. The number of likely N-dealkylation sites (tertiary alicyclic amines) is 1. The fourth-order valence-corrected chi connectivity index (χ4v) is 2.95. The molecule has 1 aliphatic heterocycles. The number of nitrogens with zero attached hydrogens (tertiary/aromatic N) is 2. The van der Waals surface area contributed by atoms with E-state index in [1.807, 2.05) is 11.9 Å². The van der Waals surface area contributed by atoms with E-state index in [4.69, 9.17) is 17.3 Å². The highest BCUT2D eigenvalue weighted by atomic mass is 35.5. The van der Waals surface area contributed by atoms with Crippen LogP contribution in [0.5, 0.6) is 0 Å². The van der Waals surface area contributed by atoms with E-state index in [0.29, 0.717) is 22.3 Å². The smallest absolute Gasteiger partial charge is 0.255 e. The Hall–Kier alpha value is -1.26. The van der Waals surface area contributed by atoms with E-state index in [1.54, 1.807) is 18.2 Å². The molecule has 1 aromatic carbocycles. The van der Waals surface area contributed by atoms with Gasteiger partial charge >= 0.3 is 0 Å². The number of hydrogen-bond acceptors (Lipinski definition) is 3. The maximum absolute atomic E-state index is 12.5. The lowest BCUT2D eigenvalue weighted by atomic mass is 10.0. The Morgan fingerprint density at radius 2 is 2.10 bits per heavy atom. The van der Waals surface area contributed by atoms with Crippen molar-refractivity contribution >= 4 is 23.2 Å². The Labute approximate surface area is 125 Å². The third-order valence-electron chi connectivity index (χ3n) is 4.10. The van der Waals surface area contributed by atoms with Crippen molar-refractivity contribution in [3.63, 3.8) is 0 Å². The Kier molecular flexibility index (Phi) is 4.89. The highest BCUT2D eigenvalue weighted by molar-refractivity contribution is 6.34. The molecule has 110 valence electrons. The number of amides is 1. The molecule has 1 aromatic rings. The standard InChI is InChI=1S/C15H22ClN3O/c1-3-19-8-6-12(7-9-19)18(2)15(20)13-5-4-11(17)10-14(13)16/h4-5,10,12H,3,6-9,17H2,1-2H3. The first-order valence-electron chi connectivity index (χ1n) is 7.07. The Bertz CT molecular complexity index is 484. The average molecular weight is 296 g/mol. The summed E-state index contributed by atoms with van der Waals surface area (Å²) >= 11 is 6.12. The summed E-state index contributed by atoms with van der Waals surface area (Å²) in [7, 11) is 1.86. The van der Waals surface area contributed by atoms with Crippen molar-refractivity contribution in [1.29, 1.82) is 0 Å². The molecule has 1 aliphatic rings. The van der Waals surface area contributed by atoms with Crippen LogP contribution in [-0.4, -0.2) is 48.4 Å². The first-order valence-corrected chi connectivity index (χ1v) is 7.45. The van der Waals surface area contributed by atoms with Gasteiger partial charge in [-0.3, -0.25) is 4.79 Å². The lowest BCUT2D eigenvalue weighted by molar-refractivity contribution is 0.0647. The molecule has 0 unspecified atom stereocenters. The van der Waals surface area contributed by atoms with Crippen molar-refractivity contribution in [2.45, 2.75) is 25.8 Å². The van der Waals surface area contributed by atoms with Crippen molar-refractivity contribution in [3.05, 3.63) is 28.8 Å². The number of anilines is 1. The number of halogens is 1. The van der Waals surface area contributed by atoms with Crippen LogP contribution >= 0.6 is 11.6 Å². The monoisotopic (exact) mass is 295 g/mol. The molecule has 0 aromatic heterocycles. The molecule has 4 nitrogen and oxygen atoms in total. The minimum absolute atomic E-state index is 0.0232. The largest absolute Gasteiger partial charge is 0.399 e. The van der Waals surface area contributed by atoms with Gasteiger partial charge in [0.1, 0.15) is 0 Å². The molecule has 2 rings (SSSR count). The van der Waals surface area contributed by atoms with Gasteiger partial charge in [0.2, 0.25) is 0 Å². The second kappa shape index (κ2) is 6.46. The van der Waals surface area contributed by atoms with E-state index >= 15 is 0 Å². The first-order chi connectivity index (χ1) is 9.52. The Morgan fingerprint density at radius 3 is 2.65 bits per heavy atom. The Morgan fingerprint density at radius 1 is 1.45 bits per heavy atom. The normalized spacial score (nSPS) is 17.1. The molecule has 0 aliphatic carbocycles. The van der Waals surface area contributed by atoms with Crippen LogP contribution in [0.4, 0.5) is 5.69 Å². The van der Waals surface area contributed by atoms with E-state index in [9.17, 15) is 4.79 Å². The summed E-state index contributed by atoms with van der Waals surface area (Å²) in [4.78, 5) is 16.7. The maximum atomic E-state index is 12.5. The van der Waals surface area contributed by atoms with Crippen LogP contribution < -0.4 is 5.73 Å². The molecule has 0 saturated carbocycles. The minimum atomic E-state index is -0.0232. The van der Waals surface area contributed by atoms with Crippen molar-refractivity contribution < 1.29 is 4.79 Å². The predicted molar refractivity (Wildman–Crippen MR) is 83.1 cm³/mol. The van der Waals surface area contributed by atoms with Crippen molar-refractivity contribution in [2.75, 3.05) is 32.4 Å². The summed E-state index contributed by atoms with van der Waals surface area (Å²) < 4.78 is 0. The molecule has 0 spiro atoms. The van der Waals surface area contributed by atoms with E-state index in [1.165, 1.54) is 0 Å². The molecule has 20 heavy (non-hydrogen) atoms. The number of benzene rings is 1. The van der Waals surface area contributed by atoms with Crippen LogP contribution in [-0.2, 0) is 0 Å². The fraction of sp³-hybridized carbons (Fsp3) is 0.533. The van der Waals surface area contributed by atoms with E-state index in [2.05, 4.69) is 11.8 Å². The summed E-state index contributed by atoms with van der Waals surface area (Å²) in [6, 6.07) is 5.34. The summed E-state index contributed by atoms with van der Waals surface area (Å²) in [5.41, 5.74) is 6.77. The van der Waals surface area contributed by atoms with Gasteiger partial charge in [-0.25, -0.2) is 0 Å². The lowest BCUT2D eigenvalue weighted by Gasteiger charge is -2.36. The molecule has 0 bridgehead atoms. The second-order valence-electron chi connectivity index (χ2n) is 5.32. The second-order valence-corrected chi connectivity index (χ2v) is 5.73. The number of rotatable bonds is 3. The Balaban J connectivity index is 2.05. The van der Waals surface area contributed by atoms with Crippen LogP contribution in [0.1, 0.15) is 30.1 Å². The van der Waals surface area contributed by atoms with Gasteiger partial charge in [-0.1, -0.05) is 18.5 Å². The van der Waals surface area contributed by atoms with Gasteiger partial charge in [-0.2, -0.15) is 0 Å². The van der Waals surface area contributed by atoms with Crippen molar-refractivity contribution in [2.24, 2.45) is 0 Å². The molecule has 0 atom stereocenters. The zero-order valence-electron chi connectivity index (χ0n) is 12.1. The first kappa shape index (κ1) is 15.1. The van der Waals surface area contributed by atoms with Gasteiger partial charge in [-0.05, 0) is 37.6 Å². The van der Waals surface area contributed by atoms with Gasteiger partial charge in [0.25, 0.3) is 5.91 Å². The number of carbonyl (C=O) groups is 1. The summed E-state index contributed by atoms with van der Waals surface area (Å²) in [5.74, 6) is -0.0232. The van der Waals surface area contributed by atoms with Crippen LogP contribution in [0.3, 0.4) is 0 Å². The number of hydrogen-bond donors (Lipinski definition) is 1. The van der Waals surface area contributed by atoms with Gasteiger partial charge in [0.05, 0.1) is 10.6 Å². The maximum Gasteiger partial charge on any atom is 0.255 e. The number of piperidine rings is 1. The third kappa shape index (κ3) is 3.25. The average Bonchev–Trinajstić information content (AvgIpc) is 2.46. The van der Waals surface area contributed by atoms with Crippen LogP contribution in [0.2, 0.25) is 5.02 Å². The van der Waals surface area contributed by atoms with E-state index in [0.717, 1.165) is 32.5 Å². The van der Waals surface area contributed by atoms with Crippen molar-refractivity contribution in [3.8, 4) is 0 Å². The quantitative estimate of drug-likeness (QED) is 0.872. The SMILES string of the molecule is CCN1CCC(N(C)C(=O)c2ccc(N)cc2Cl)CC1. The highest BCUT2D eigenvalue weighted by Gasteiger charge is 2.26. The van der Waals surface area contributed by atoms with Crippen molar-refractivity contribution in [1.82, 2.24) is 9.80 Å². The molecule has 1 amide bonds. The van der Waals surface area contributed by atoms with Crippen LogP contribution in [0.15, 0.2) is 18.2 Å². The predicted octanol–water partition coefficient (Wildman–Crippen LogP) is 2.48. The molecule has 0 radical (unpaired) electrons. The van der Waals surface area contributed by atoms with Gasteiger partial charge in [0.15, 0.2) is 0 Å². The van der Waals surface area contributed by atoms with Crippen LogP contribution in [0.25, 0.3) is 0 Å². The number of nitrogen functional groups attached to an aromatic ring is 1. The zero-order chi connectivity index (χ0) is 14.7. The molecule has 1 saturated heterocycles. The van der Waals surface area contributed by atoms with Crippen LogP contribution in [0, 0.1) is 0 Å². The van der Waals surface area contributed by atoms with E-state index < -0.39 is 0 Å². The number of nitrogens with two attached hydrogens (primary N) is 1. The summed E-state index contributed by atoms with van der Waals surface area (Å²) in [5, 5.41) is 0.424. The zero-order valence-corrected chi connectivity index (χ0v) is 12.9. The molecule has 1 heterocycles. The lowest BCUT2D eigenvalue weighted by Crippen LogP contribution is -2.45. The van der Waals surface area contributed by atoms with Gasteiger partial charge < -0.3 is 15.5 Å². The van der Waals surface area contributed by atoms with Gasteiger partial charge in [0, 0.05) is 31.9 Å². The molecule has 1 fully saturated rings. The van der Waals surface area contributed by atoms with E-state index in [-0.39, 0.29) is 5.91 Å². The number of carbonyl (C=O) groups excluding carboxylic acids is 1. The third-order valence-corrected chi connectivity index (χ3v) is 4.41. The molecular weight excluding hydrogens is 274 g/mol. The highest BCUT2D eigenvalue weighted by Crippen LogP contribution is 2.23. The minimum Gasteiger partial charge on any atom is -0.399 e. The topological polar surface area (TPSA) is 49.6 Å².